The first kappa shape index (κ1) is 20.2. The molecule has 1 heterocycles. The van der Waals surface area contributed by atoms with Crippen LogP contribution in [0.15, 0.2) is 41.4 Å². The van der Waals surface area contributed by atoms with Crippen molar-refractivity contribution in [1.29, 1.82) is 0 Å². The maximum absolute atomic E-state index is 13.0. The smallest absolute Gasteiger partial charge is 0.288 e. The minimum absolute atomic E-state index is 0.00652. The maximum Gasteiger partial charge on any atom is 0.288 e. The van der Waals surface area contributed by atoms with Gasteiger partial charge in [0, 0.05) is 23.9 Å². The molecule has 2 aromatic rings. The third-order valence-electron chi connectivity index (χ3n) is 4.17. The minimum Gasteiger partial charge on any atom is -0.494 e. The minimum atomic E-state index is -0.601. The molecule has 0 aromatic heterocycles. The fraction of sp³-hybridized carbons (Fsp3) is 0.263. The monoisotopic (exact) mass is 419 g/mol. The molecule has 3 rings (SSSR count). The average Bonchev–Trinajstić information content (AvgIpc) is 2.68. The topological polar surface area (TPSA) is 85.0 Å². The Bertz CT molecular complexity index is 964. The number of hydrogen-bond donors (Lipinski definition) is 0. The molecule has 0 saturated carbocycles. The highest BCUT2D eigenvalue weighted by atomic mass is 35.5. The first-order valence-electron chi connectivity index (χ1n) is 8.52. The molecule has 1 saturated heterocycles. The normalized spacial score (nSPS) is 15.5. The van der Waals surface area contributed by atoms with E-state index in [1.165, 1.54) is 30.0 Å². The number of hydrogen-bond acceptors (Lipinski definition) is 6. The standard InChI is InChI=1S/C19H18ClN3O4S/c1-12-4-7-17(27-2)15(10-12)21-19-22(8-3-9-28-19)18(24)13-5-6-14(20)16(11-13)23(25)26/h4-7,10-11H,3,8-9H2,1-2H3. The molecule has 0 unspecified atom stereocenters. The van der Waals surface area contributed by atoms with E-state index in [0.29, 0.717) is 23.1 Å². The van der Waals surface area contributed by atoms with Crippen LogP contribution in [0.25, 0.3) is 0 Å². The van der Waals surface area contributed by atoms with Crippen molar-refractivity contribution >= 4 is 45.8 Å². The van der Waals surface area contributed by atoms with Gasteiger partial charge in [-0.15, -0.1) is 0 Å². The van der Waals surface area contributed by atoms with Gasteiger partial charge in [0.15, 0.2) is 5.17 Å². The van der Waals surface area contributed by atoms with Crippen LogP contribution < -0.4 is 4.74 Å². The predicted octanol–water partition coefficient (Wildman–Crippen LogP) is 4.83. The van der Waals surface area contributed by atoms with E-state index in [1.807, 2.05) is 25.1 Å². The number of ether oxygens (including phenoxy) is 1. The van der Waals surface area contributed by atoms with Crippen molar-refractivity contribution < 1.29 is 14.5 Å². The molecule has 7 nitrogen and oxygen atoms in total. The summed E-state index contributed by atoms with van der Waals surface area (Å²) in [6.07, 6.45) is 0.802. The summed E-state index contributed by atoms with van der Waals surface area (Å²) in [7, 11) is 1.57. The highest BCUT2D eigenvalue weighted by molar-refractivity contribution is 8.13. The molecule has 1 amide bonds. The first-order valence-corrected chi connectivity index (χ1v) is 9.89. The number of thioether (sulfide) groups is 1. The molecule has 0 radical (unpaired) electrons. The molecule has 1 fully saturated rings. The Balaban J connectivity index is 1.98. The molecule has 0 bridgehead atoms. The largest absolute Gasteiger partial charge is 0.494 e. The summed E-state index contributed by atoms with van der Waals surface area (Å²) in [5.74, 6) is 1.09. The Labute approximate surface area is 171 Å². The van der Waals surface area contributed by atoms with Crippen molar-refractivity contribution in [3.8, 4) is 5.75 Å². The Morgan fingerprint density at radius 2 is 2.11 bits per heavy atom. The number of halogens is 1. The molecule has 146 valence electrons. The molecule has 0 aliphatic carbocycles. The van der Waals surface area contributed by atoms with Crippen LogP contribution in [0.2, 0.25) is 5.02 Å². The Morgan fingerprint density at radius 1 is 1.32 bits per heavy atom. The number of carbonyl (C=O) groups is 1. The van der Waals surface area contributed by atoms with Crippen LogP contribution in [0.5, 0.6) is 5.75 Å². The predicted molar refractivity (Wildman–Crippen MR) is 111 cm³/mol. The van der Waals surface area contributed by atoms with Gasteiger partial charge < -0.3 is 4.74 Å². The van der Waals surface area contributed by atoms with E-state index in [1.54, 1.807) is 12.0 Å². The lowest BCUT2D eigenvalue weighted by molar-refractivity contribution is -0.384. The lowest BCUT2D eigenvalue weighted by Crippen LogP contribution is -2.39. The van der Waals surface area contributed by atoms with Gasteiger partial charge in [0.25, 0.3) is 11.6 Å². The number of rotatable bonds is 4. The SMILES string of the molecule is COc1ccc(C)cc1N=C1SCCCN1C(=O)c1ccc(Cl)c([N+](=O)[O-])c1. The number of aryl methyl sites for hydroxylation is 1. The lowest BCUT2D eigenvalue weighted by Gasteiger charge is -2.28. The Hall–Kier alpha value is -2.58. The fourth-order valence-corrected chi connectivity index (χ4v) is 3.91. The second-order valence-electron chi connectivity index (χ2n) is 6.15. The molecule has 1 aliphatic rings. The van der Waals surface area contributed by atoms with Crippen LogP contribution in [0, 0.1) is 17.0 Å². The molecule has 1 aliphatic heterocycles. The third kappa shape index (κ3) is 4.28. The van der Waals surface area contributed by atoms with E-state index in [4.69, 9.17) is 16.3 Å². The number of benzene rings is 2. The lowest BCUT2D eigenvalue weighted by atomic mass is 10.1. The van der Waals surface area contributed by atoms with Gasteiger partial charge in [-0.05, 0) is 43.2 Å². The summed E-state index contributed by atoms with van der Waals surface area (Å²) in [5, 5.41) is 11.7. The number of amidine groups is 1. The third-order valence-corrected chi connectivity index (χ3v) is 5.56. The summed E-state index contributed by atoms with van der Waals surface area (Å²) < 4.78 is 5.37. The zero-order valence-corrected chi connectivity index (χ0v) is 16.9. The molecule has 28 heavy (non-hydrogen) atoms. The number of nitro groups is 1. The molecular formula is C19H18ClN3O4S. The molecule has 2 aromatic carbocycles. The van der Waals surface area contributed by atoms with Gasteiger partial charge >= 0.3 is 0 Å². The number of nitro benzene ring substituents is 1. The first-order chi connectivity index (χ1) is 13.4. The van der Waals surface area contributed by atoms with Crippen LogP contribution in [-0.2, 0) is 0 Å². The van der Waals surface area contributed by atoms with Gasteiger partial charge in [0.05, 0.1) is 12.0 Å². The van der Waals surface area contributed by atoms with E-state index in [2.05, 4.69) is 4.99 Å². The summed E-state index contributed by atoms with van der Waals surface area (Å²) in [6, 6.07) is 9.70. The van der Waals surface area contributed by atoms with Crippen LogP contribution in [0.4, 0.5) is 11.4 Å². The van der Waals surface area contributed by atoms with E-state index in [-0.39, 0.29) is 22.2 Å². The maximum atomic E-state index is 13.0. The van der Waals surface area contributed by atoms with Crippen LogP contribution in [0.1, 0.15) is 22.3 Å². The number of carbonyl (C=O) groups excluding carboxylic acids is 1. The van der Waals surface area contributed by atoms with E-state index < -0.39 is 4.92 Å². The zero-order chi connectivity index (χ0) is 20.3. The number of nitrogens with zero attached hydrogens (tertiary/aromatic N) is 3. The van der Waals surface area contributed by atoms with E-state index in [9.17, 15) is 14.9 Å². The van der Waals surface area contributed by atoms with Crippen molar-refractivity contribution in [2.24, 2.45) is 4.99 Å². The molecule has 0 spiro atoms. The van der Waals surface area contributed by atoms with Gasteiger partial charge in [-0.1, -0.05) is 29.4 Å². The van der Waals surface area contributed by atoms with Gasteiger partial charge in [-0.3, -0.25) is 19.8 Å². The number of methoxy groups -OCH3 is 1. The van der Waals surface area contributed by atoms with Crippen LogP contribution in [-0.4, -0.2) is 40.3 Å². The molecule has 0 atom stereocenters. The summed E-state index contributed by atoms with van der Waals surface area (Å²) in [4.78, 5) is 29.8. The van der Waals surface area contributed by atoms with Gasteiger partial charge in [0.1, 0.15) is 16.5 Å². The number of amides is 1. The highest BCUT2D eigenvalue weighted by Gasteiger charge is 2.27. The zero-order valence-electron chi connectivity index (χ0n) is 15.3. The fourth-order valence-electron chi connectivity index (χ4n) is 2.77. The Kier molecular flexibility index (Phi) is 6.21. The van der Waals surface area contributed by atoms with Crippen molar-refractivity contribution in [3.63, 3.8) is 0 Å². The summed E-state index contributed by atoms with van der Waals surface area (Å²) in [5.41, 5.74) is 1.55. The summed E-state index contributed by atoms with van der Waals surface area (Å²) >= 11 is 7.32. The van der Waals surface area contributed by atoms with Gasteiger partial charge in [-0.25, -0.2) is 4.99 Å². The second kappa shape index (κ2) is 8.62. The summed E-state index contributed by atoms with van der Waals surface area (Å²) in [6.45, 7) is 2.43. The molecular weight excluding hydrogens is 402 g/mol. The van der Waals surface area contributed by atoms with Crippen molar-refractivity contribution in [1.82, 2.24) is 4.90 Å². The van der Waals surface area contributed by atoms with Crippen LogP contribution in [0.3, 0.4) is 0 Å². The second-order valence-corrected chi connectivity index (χ2v) is 7.62. The van der Waals surface area contributed by atoms with Crippen molar-refractivity contribution in [2.45, 2.75) is 13.3 Å². The van der Waals surface area contributed by atoms with E-state index in [0.717, 1.165) is 17.7 Å². The number of aliphatic imine (C=N–C) groups is 1. The quantitative estimate of drug-likeness (QED) is 0.523. The highest BCUT2D eigenvalue weighted by Crippen LogP contribution is 2.32. The molecule has 9 heteroatoms. The van der Waals surface area contributed by atoms with E-state index >= 15 is 0 Å². The van der Waals surface area contributed by atoms with Crippen molar-refractivity contribution in [2.75, 3.05) is 19.4 Å². The van der Waals surface area contributed by atoms with Gasteiger partial charge in [0.2, 0.25) is 0 Å². The average molecular weight is 420 g/mol. The van der Waals surface area contributed by atoms with Crippen LogP contribution >= 0.6 is 23.4 Å². The Morgan fingerprint density at radius 3 is 2.82 bits per heavy atom. The molecule has 0 N–H and O–H groups in total. The van der Waals surface area contributed by atoms with Crippen molar-refractivity contribution in [3.05, 3.63) is 62.7 Å². The van der Waals surface area contributed by atoms with Gasteiger partial charge in [-0.2, -0.15) is 0 Å².